The molecular formula is C51H40N4S. The minimum Gasteiger partial charge on any atom is -0.309 e. The molecule has 1 aliphatic carbocycles. The first-order valence-corrected chi connectivity index (χ1v) is 20.4. The molecule has 3 aromatic heterocycles. The van der Waals surface area contributed by atoms with E-state index in [0.717, 1.165) is 33.2 Å². The summed E-state index contributed by atoms with van der Waals surface area (Å²) < 4.78 is 4.99. The molecule has 0 spiro atoms. The van der Waals surface area contributed by atoms with Crippen LogP contribution in [0.4, 0.5) is 0 Å². The fraction of sp³-hybridized carbons (Fsp3) is 0.157. The van der Waals surface area contributed by atoms with Gasteiger partial charge in [0.2, 0.25) is 0 Å². The van der Waals surface area contributed by atoms with Gasteiger partial charge in [-0.15, -0.1) is 11.3 Å². The summed E-state index contributed by atoms with van der Waals surface area (Å²) in [6, 6.07) is 52.6. The van der Waals surface area contributed by atoms with Gasteiger partial charge in [-0.3, -0.25) is 0 Å². The number of para-hydroxylation sites is 1. The monoisotopic (exact) mass is 740 g/mol. The molecule has 270 valence electrons. The van der Waals surface area contributed by atoms with Crippen LogP contribution in [0.25, 0.3) is 92.6 Å². The largest absolute Gasteiger partial charge is 0.309 e. The second kappa shape index (κ2) is 12.2. The molecule has 0 saturated heterocycles. The maximum atomic E-state index is 5.26. The fourth-order valence-electron chi connectivity index (χ4n) is 9.17. The first-order valence-electron chi connectivity index (χ1n) is 19.6. The average molecular weight is 741 g/mol. The summed E-state index contributed by atoms with van der Waals surface area (Å²) in [7, 11) is 0. The Labute approximate surface area is 330 Å². The van der Waals surface area contributed by atoms with E-state index < -0.39 is 0 Å². The van der Waals surface area contributed by atoms with Crippen molar-refractivity contribution in [1.29, 1.82) is 0 Å². The highest BCUT2D eigenvalue weighted by atomic mass is 32.1. The SMILES string of the molecule is CC1(C)CCC(C)(C)c2cc3c(cc21)c1ccccc1n3-c1ccc(-c2nc(-c3ccccc3)nc(-c3ccc4c(c3)sc3ccccc34)n2)c2ccccc12. The molecule has 0 radical (unpaired) electrons. The van der Waals surface area contributed by atoms with Crippen LogP contribution in [0.1, 0.15) is 51.7 Å². The maximum Gasteiger partial charge on any atom is 0.164 e. The van der Waals surface area contributed by atoms with Crippen molar-refractivity contribution in [2.24, 2.45) is 0 Å². The van der Waals surface area contributed by atoms with Crippen LogP contribution in [0, 0.1) is 0 Å². The molecule has 7 aromatic carbocycles. The zero-order valence-corrected chi connectivity index (χ0v) is 32.8. The van der Waals surface area contributed by atoms with Gasteiger partial charge in [-0.2, -0.15) is 0 Å². The lowest BCUT2D eigenvalue weighted by molar-refractivity contribution is 0.332. The summed E-state index contributed by atoms with van der Waals surface area (Å²) in [6.07, 6.45) is 2.36. The van der Waals surface area contributed by atoms with Crippen molar-refractivity contribution in [1.82, 2.24) is 19.5 Å². The molecule has 0 atom stereocenters. The van der Waals surface area contributed by atoms with Gasteiger partial charge in [0.15, 0.2) is 17.5 Å². The molecule has 5 heteroatoms. The van der Waals surface area contributed by atoms with E-state index in [1.807, 2.05) is 29.5 Å². The van der Waals surface area contributed by atoms with Gasteiger partial charge in [-0.25, -0.2) is 15.0 Å². The van der Waals surface area contributed by atoms with Crippen molar-refractivity contribution in [3.05, 3.63) is 157 Å². The van der Waals surface area contributed by atoms with Crippen LogP contribution in [0.5, 0.6) is 0 Å². The zero-order chi connectivity index (χ0) is 37.8. The van der Waals surface area contributed by atoms with E-state index in [2.05, 4.69) is 160 Å². The lowest BCUT2D eigenvalue weighted by atomic mass is 9.63. The van der Waals surface area contributed by atoms with E-state index in [9.17, 15) is 0 Å². The normalized spacial score (nSPS) is 14.9. The lowest BCUT2D eigenvalue weighted by Crippen LogP contribution is -2.33. The number of rotatable bonds is 4. The fourth-order valence-corrected chi connectivity index (χ4v) is 10.3. The number of hydrogen-bond acceptors (Lipinski definition) is 4. The minimum absolute atomic E-state index is 0.0978. The molecular weight excluding hydrogens is 701 g/mol. The highest BCUT2D eigenvalue weighted by molar-refractivity contribution is 7.25. The Morgan fingerprint density at radius 3 is 1.84 bits per heavy atom. The zero-order valence-electron chi connectivity index (χ0n) is 32.0. The minimum atomic E-state index is 0.0978. The Balaban J connectivity index is 1.14. The molecule has 0 N–H and O–H groups in total. The first-order chi connectivity index (χ1) is 27.2. The Morgan fingerprint density at radius 2 is 1.05 bits per heavy atom. The number of nitrogens with zero attached hydrogens (tertiary/aromatic N) is 4. The van der Waals surface area contributed by atoms with Crippen LogP contribution in [0.3, 0.4) is 0 Å². The van der Waals surface area contributed by atoms with Crippen LogP contribution >= 0.6 is 11.3 Å². The topological polar surface area (TPSA) is 43.6 Å². The predicted molar refractivity (Wildman–Crippen MR) is 236 cm³/mol. The van der Waals surface area contributed by atoms with Gasteiger partial charge in [0.05, 0.1) is 16.7 Å². The first kappa shape index (κ1) is 33.2. The highest BCUT2D eigenvalue weighted by Gasteiger charge is 2.38. The van der Waals surface area contributed by atoms with E-state index >= 15 is 0 Å². The molecule has 11 rings (SSSR count). The van der Waals surface area contributed by atoms with Crippen molar-refractivity contribution in [3.8, 4) is 39.9 Å². The summed E-state index contributed by atoms with van der Waals surface area (Å²) in [5.74, 6) is 1.99. The maximum absolute atomic E-state index is 5.26. The molecule has 0 saturated carbocycles. The molecule has 56 heavy (non-hydrogen) atoms. The third kappa shape index (κ3) is 5.07. The summed E-state index contributed by atoms with van der Waals surface area (Å²) in [4.78, 5) is 15.5. The summed E-state index contributed by atoms with van der Waals surface area (Å²) >= 11 is 1.81. The molecule has 0 fully saturated rings. The quantitative estimate of drug-likeness (QED) is 0.180. The van der Waals surface area contributed by atoms with Crippen molar-refractivity contribution >= 4 is 64.1 Å². The molecule has 3 heterocycles. The van der Waals surface area contributed by atoms with Crippen LogP contribution in [0.15, 0.2) is 146 Å². The summed E-state index contributed by atoms with van der Waals surface area (Å²) in [6.45, 7) is 9.65. The van der Waals surface area contributed by atoms with Gasteiger partial charge in [0, 0.05) is 53.0 Å². The molecule has 10 aromatic rings. The van der Waals surface area contributed by atoms with Crippen molar-refractivity contribution in [2.75, 3.05) is 0 Å². The number of benzene rings is 7. The standard InChI is InChI=1S/C51H40N4S/c1-50(2)26-27-51(3,4)41-30-44-39(29-40(41)50)35-18-10-12-20-42(35)55(44)43-25-24-38(33-16-8-9-17-34(33)43)49-53-47(31-14-6-5-7-15-31)52-48(54-49)32-22-23-37-36-19-11-13-21-45(36)56-46(37)28-32/h5-25,28-30H,26-27H2,1-4H3. The van der Waals surface area contributed by atoms with Gasteiger partial charge < -0.3 is 4.57 Å². The average Bonchev–Trinajstić information content (AvgIpc) is 3.77. The van der Waals surface area contributed by atoms with E-state index in [4.69, 9.17) is 15.0 Å². The second-order valence-electron chi connectivity index (χ2n) is 16.7. The van der Waals surface area contributed by atoms with Crippen LogP contribution in [-0.2, 0) is 10.8 Å². The Hall–Kier alpha value is -6.17. The van der Waals surface area contributed by atoms with E-state index in [1.165, 1.54) is 65.9 Å². The Morgan fingerprint density at radius 1 is 0.446 bits per heavy atom. The molecule has 0 unspecified atom stereocenters. The van der Waals surface area contributed by atoms with Crippen LogP contribution < -0.4 is 0 Å². The molecule has 0 bridgehead atoms. The third-order valence-corrected chi connectivity index (χ3v) is 13.5. The van der Waals surface area contributed by atoms with Crippen LogP contribution in [-0.4, -0.2) is 19.5 Å². The van der Waals surface area contributed by atoms with Gasteiger partial charge in [0.1, 0.15) is 0 Å². The predicted octanol–water partition coefficient (Wildman–Crippen LogP) is 13.8. The molecule has 0 amide bonds. The third-order valence-electron chi connectivity index (χ3n) is 12.3. The molecule has 1 aliphatic rings. The smallest absolute Gasteiger partial charge is 0.164 e. The van der Waals surface area contributed by atoms with Crippen molar-refractivity contribution in [2.45, 2.75) is 51.4 Å². The molecule has 4 nitrogen and oxygen atoms in total. The van der Waals surface area contributed by atoms with E-state index in [1.54, 1.807) is 0 Å². The number of fused-ring (bicyclic) bond motifs is 8. The molecule has 0 aliphatic heterocycles. The van der Waals surface area contributed by atoms with Gasteiger partial charge in [-0.05, 0) is 82.6 Å². The second-order valence-corrected chi connectivity index (χ2v) is 17.8. The van der Waals surface area contributed by atoms with Gasteiger partial charge >= 0.3 is 0 Å². The Bertz CT molecular complexity index is 3200. The van der Waals surface area contributed by atoms with Crippen LogP contribution in [0.2, 0.25) is 0 Å². The number of thiophene rings is 1. The Kier molecular flexibility index (Phi) is 7.21. The van der Waals surface area contributed by atoms with Crippen molar-refractivity contribution < 1.29 is 0 Å². The van der Waals surface area contributed by atoms with Gasteiger partial charge in [-0.1, -0.05) is 131 Å². The summed E-state index contributed by atoms with van der Waals surface area (Å²) in [5, 5.41) is 7.38. The number of hydrogen-bond donors (Lipinski definition) is 0. The van der Waals surface area contributed by atoms with E-state index in [-0.39, 0.29) is 10.8 Å². The summed E-state index contributed by atoms with van der Waals surface area (Å²) in [5.41, 5.74) is 9.70. The van der Waals surface area contributed by atoms with Gasteiger partial charge in [0.25, 0.3) is 0 Å². The lowest BCUT2D eigenvalue weighted by Gasteiger charge is -2.42. The highest BCUT2D eigenvalue weighted by Crippen LogP contribution is 2.49. The van der Waals surface area contributed by atoms with Crippen molar-refractivity contribution in [3.63, 3.8) is 0 Å². The number of aromatic nitrogens is 4. The van der Waals surface area contributed by atoms with E-state index in [0.29, 0.717) is 17.5 Å².